The smallest absolute Gasteiger partial charge is 0.317 e. The molecule has 2 amide bonds. The van der Waals surface area contributed by atoms with Crippen molar-refractivity contribution in [3.63, 3.8) is 0 Å². The number of amides is 2. The molecule has 3 heterocycles. The highest BCUT2D eigenvalue weighted by Crippen LogP contribution is 2.45. The maximum Gasteiger partial charge on any atom is 0.317 e. The van der Waals surface area contributed by atoms with Gasteiger partial charge in [0.25, 0.3) is 0 Å². The molecule has 0 bridgehead atoms. The van der Waals surface area contributed by atoms with Gasteiger partial charge in [-0.2, -0.15) is 4.98 Å². The molecule has 1 aromatic rings. The molecule has 6 rings (SSSR count). The Labute approximate surface area is 242 Å². The highest BCUT2D eigenvalue weighted by Gasteiger charge is 2.48. The third kappa shape index (κ3) is 5.68. The predicted molar refractivity (Wildman–Crippen MR) is 157 cm³/mol. The minimum absolute atomic E-state index is 0.0881. The number of rotatable bonds is 6. The van der Waals surface area contributed by atoms with Crippen LogP contribution < -0.4 is 5.32 Å². The molecule has 3 aliphatic carbocycles. The zero-order valence-corrected chi connectivity index (χ0v) is 25.8. The van der Waals surface area contributed by atoms with Crippen LogP contribution in [-0.4, -0.2) is 87.8 Å². The number of urea groups is 1. The fourth-order valence-electron chi connectivity index (χ4n) is 8.50. The first kappa shape index (κ1) is 28.4. The normalized spacial score (nSPS) is 34.5. The van der Waals surface area contributed by atoms with Crippen molar-refractivity contribution in [3.05, 3.63) is 11.7 Å². The maximum atomic E-state index is 14.3. The fourth-order valence-corrected chi connectivity index (χ4v) is 8.50. The van der Waals surface area contributed by atoms with Crippen LogP contribution in [0.1, 0.15) is 123 Å². The van der Waals surface area contributed by atoms with Crippen molar-refractivity contribution in [3.8, 4) is 0 Å². The average Bonchev–Trinajstić information content (AvgIpc) is 3.40. The third-order valence-electron chi connectivity index (χ3n) is 11.5. The van der Waals surface area contributed by atoms with E-state index >= 15 is 0 Å². The number of piperazine rings is 1. The lowest BCUT2D eigenvalue weighted by atomic mass is 9.70. The Hall–Kier alpha value is -1.67. The predicted octanol–water partition coefficient (Wildman–Crippen LogP) is 5.54. The summed E-state index contributed by atoms with van der Waals surface area (Å²) in [6, 6.07) is 1.60. The summed E-state index contributed by atoms with van der Waals surface area (Å²) < 4.78 is 5.69. The summed E-state index contributed by atoms with van der Waals surface area (Å²) in [7, 11) is 0. The number of aromatic nitrogens is 2. The van der Waals surface area contributed by atoms with Crippen LogP contribution in [0.3, 0.4) is 0 Å². The zero-order valence-electron chi connectivity index (χ0n) is 25.8. The Morgan fingerprint density at radius 2 is 1.65 bits per heavy atom. The second-order valence-electron chi connectivity index (χ2n) is 15.1. The average molecular weight is 555 g/mol. The summed E-state index contributed by atoms with van der Waals surface area (Å²) in [5, 5.41) is 8.17. The van der Waals surface area contributed by atoms with Crippen LogP contribution in [0.2, 0.25) is 0 Å². The molecule has 3 saturated carbocycles. The Bertz CT molecular complexity index is 1020. The van der Waals surface area contributed by atoms with Crippen molar-refractivity contribution in [1.29, 1.82) is 0 Å². The molecule has 5 fully saturated rings. The molecule has 40 heavy (non-hydrogen) atoms. The van der Waals surface area contributed by atoms with Gasteiger partial charge in [0.05, 0.1) is 6.04 Å². The second-order valence-corrected chi connectivity index (χ2v) is 15.1. The maximum absolute atomic E-state index is 14.3. The van der Waals surface area contributed by atoms with Gasteiger partial charge in [-0.25, -0.2) is 4.79 Å². The van der Waals surface area contributed by atoms with Gasteiger partial charge in [-0.1, -0.05) is 45.2 Å². The minimum Gasteiger partial charge on any atom is -0.339 e. The molecule has 1 N–H and O–H groups in total. The highest BCUT2D eigenvalue weighted by molar-refractivity contribution is 5.75. The van der Waals surface area contributed by atoms with Crippen molar-refractivity contribution in [2.45, 2.75) is 141 Å². The lowest BCUT2D eigenvalue weighted by Crippen LogP contribution is -2.66. The molecule has 0 spiro atoms. The summed E-state index contributed by atoms with van der Waals surface area (Å²) in [4.78, 5) is 26.7. The van der Waals surface area contributed by atoms with Crippen LogP contribution in [0.25, 0.3) is 0 Å². The van der Waals surface area contributed by atoms with E-state index in [2.05, 4.69) is 59.8 Å². The van der Waals surface area contributed by atoms with Gasteiger partial charge < -0.3 is 14.7 Å². The van der Waals surface area contributed by atoms with E-state index in [1.54, 1.807) is 0 Å². The van der Waals surface area contributed by atoms with E-state index in [1.807, 2.05) is 0 Å². The molecule has 2 aliphatic heterocycles. The van der Waals surface area contributed by atoms with Crippen molar-refractivity contribution in [2.75, 3.05) is 32.7 Å². The van der Waals surface area contributed by atoms with Crippen LogP contribution in [0.4, 0.5) is 4.79 Å². The molecule has 5 aliphatic rings. The zero-order chi connectivity index (χ0) is 28.1. The van der Waals surface area contributed by atoms with Gasteiger partial charge in [0.15, 0.2) is 5.82 Å². The molecule has 1 aromatic heterocycles. The van der Waals surface area contributed by atoms with Gasteiger partial charge in [0.2, 0.25) is 5.89 Å². The first-order chi connectivity index (χ1) is 19.1. The van der Waals surface area contributed by atoms with E-state index in [9.17, 15) is 4.79 Å². The highest BCUT2D eigenvalue weighted by atomic mass is 16.5. The lowest BCUT2D eigenvalue weighted by molar-refractivity contribution is 0.0102. The van der Waals surface area contributed by atoms with Crippen LogP contribution in [-0.2, 0) is 5.41 Å². The first-order valence-corrected chi connectivity index (χ1v) is 16.5. The van der Waals surface area contributed by atoms with Crippen LogP contribution >= 0.6 is 0 Å². The Kier molecular flexibility index (Phi) is 7.97. The van der Waals surface area contributed by atoms with Gasteiger partial charge in [0, 0.05) is 62.2 Å². The van der Waals surface area contributed by atoms with Crippen molar-refractivity contribution in [2.24, 2.45) is 11.3 Å². The monoisotopic (exact) mass is 554 g/mol. The molecule has 8 heteroatoms. The Morgan fingerprint density at radius 1 is 0.925 bits per heavy atom. The van der Waals surface area contributed by atoms with Gasteiger partial charge in [0.1, 0.15) is 0 Å². The molecule has 0 radical (unpaired) electrons. The lowest BCUT2D eigenvalue weighted by Gasteiger charge is -2.52. The first-order valence-electron chi connectivity index (χ1n) is 16.5. The number of nitrogens with zero attached hydrogens (tertiary/aromatic N) is 5. The van der Waals surface area contributed by atoms with E-state index in [0.717, 1.165) is 57.3 Å². The van der Waals surface area contributed by atoms with E-state index in [4.69, 9.17) is 9.51 Å². The van der Waals surface area contributed by atoms with Crippen LogP contribution in [0.5, 0.6) is 0 Å². The van der Waals surface area contributed by atoms with Crippen molar-refractivity contribution >= 4 is 6.03 Å². The van der Waals surface area contributed by atoms with Gasteiger partial charge in [-0.15, -0.1) is 0 Å². The Balaban J connectivity index is 1.18. The van der Waals surface area contributed by atoms with Gasteiger partial charge in [-0.3, -0.25) is 9.80 Å². The molecular weight excluding hydrogens is 500 g/mol. The van der Waals surface area contributed by atoms with Crippen LogP contribution in [0.15, 0.2) is 4.52 Å². The van der Waals surface area contributed by atoms with Crippen LogP contribution in [0, 0.1) is 11.3 Å². The van der Waals surface area contributed by atoms with Gasteiger partial charge in [-0.05, 0) is 76.5 Å². The van der Waals surface area contributed by atoms with Gasteiger partial charge >= 0.3 is 6.03 Å². The van der Waals surface area contributed by atoms with E-state index in [0.29, 0.717) is 23.9 Å². The summed E-state index contributed by atoms with van der Waals surface area (Å²) in [5.41, 5.74) is -0.0474. The summed E-state index contributed by atoms with van der Waals surface area (Å²) >= 11 is 0. The number of hydrogen-bond donors (Lipinski definition) is 1. The summed E-state index contributed by atoms with van der Waals surface area (Å²) in [6.07, 6.45) is 12.8. The third-order valence-corrected chi connectivity index (χ3v) is 11.5. The minimum atomic E-state index is -0.136. The number of piperidine rings is 1. The summed E-state index contributed by atoms with van der Waals surface area (Å²) in [6.45, 7) is 16.9. The van der Waals surface area contributed by atoms with Crippen molar-refractivity contribution in [1.82, 2.24) is 30.2 Å². The largest absolute Gasteiger partial charge is 0.339 e. The molecule has 8 nitrogen and oxygen atoms in total. The quantitative estimate of drug-likeness (QED) is 0.497. The number of likely N-dealkylation sites (tertiary alicyclic amines) is 1. The molecular formula is C32H54N6O2. The summed E-state index contributed by atoms with van der Waals surface area (Å²) in [5.74, 6) is 2.74. The van der Waals surface area contributed by atoms with E-state index in [1.165, 1.54) is 57.8 Å². The molecule has 4 unspecified atom stereocenters. The van der Waals surface area contributed by atoms with E-state index < -0.39 is 0 Å². The number of hydrogen-bond acceptors (Lipinski definition) is 6. The standard InChI is InChI=1S/C32H54N6O2/c1-22(2)36-17-19-37(20-18-36)25-11-8-14-31(3,4)27(25)33-30(39)38-16-15-32(5,21-26(38)23-9-6-7-10-23)29-34-28(40-35-29)24-12-13-24/h22-27H,6-21H2,1-5H3,(H,33,39). The number of carbonyl (C=O) groups is 1. The fraction of sp³-hybridized carbons (Fsp3) is 0.906. The number of nitrogens with one attached hydrogen (secondary N) is 1. The van der Waals surface area contributed by atoms with E-state index in [-0.39, 0.29) is 28.9 Å². The molecule has 2 saturated heterocycles. The molecule has 4 atom stereocenters. The second kappa shape index (κ2) is 11.2. The topological polar surface area (TPSA) is 77.7 Å². The van der Waals surface area contributed by atoms with Crippen molar-refractivity contribution < 1.29 is 9.32 Å². The molecule has 224 valence electrons. The Morgan fingerprint density at radius 3 is 2.33 bits per heavy atom. The number of carbonyl (C=O) groups excluding carboxylic acids is 1. The SMILES string of the molecule is CC(C)N1CCN(C2CCCC(C)(C)C2NC(=O)N2CCC(C)(c3noc(C4CC4)n3)CC2C2CCCC2)CC1. The molecule has 0 aromatic carbocycles.